The average Bonchev–Trinajstić information content (AvgIpc) is 3.17. The first-order chi connectivity index (χ1) is 12.7. The van der Waals surface area contributed by atoms with Crippen LogP contribution in [-0.4, -0.2) is 59.1 Å². The number of ether oxygens (including phenoxy) is 3. The van der Waals surface area contributed by atoms with Crippen LogP contribution in [0.2, 0.25) is 5.02 Å². The van der Waals surface area contributed by atoms with Gasteiger partial charge in [0.2, 0.25) is 0 Å². The van der Waals surface area contributed by atoms with Crippen molar-refractivity contribution in [2.24, 2.45) is 4.99 Å². The number of guanidine groups is 1. The lowest BCUT2D eigenvalue weighted by Crippen LogP contribution is -2.39. The molecule has 7 heteroatoms. The van der Waals surface area contributed by atoms with E-state index in [-0.39, 0.29) is 0 Å². The number of hydrogen-bond acceptors (Lipinski definition) is 4. The molecule has 0 aromatic heterocycles. The molecule has 0 aliphatic carbocycles. The molecule has 1 aromatic rings. The van der Waals surface area contributed by atoms with Crippen LogP contribution >= 0.6 is 11.6 Å². The summed E-state index contributed by atoms with van der Waals surface area (Å²) in [5.41, 5.74) is 1.08. The molecule has 1 aliphatic heterocycles. The average molecular weight is 384 g/mol. The highest BCUT2D eigenvalue weighted by atomic mass is 35.5. The highest BCUT2D eigenvalue weighted by Crippen LogP contribution is 2.22. The van der Waals surface area contributed by atoms with Gasteiger partial charge < -0.3 is 24.8 Å². The summed E-state index contributed by atoms with van der Waals surface area (Å²) >= 11 is 6.26. The van der Waals surface area contributed by atoms with Crippen LogP contribution in [0.1, 0.15) is 24.8 Å². The number of methoxy groups -OCH3 is 1. The third-order valence-corrected chi connectivity index (χ3v) is 4.61. The second kappa shape index (κ2) is 12.0. The Morgan fingerprint density at radius 3 is 2.88 bits per heavy atom. The molecule has 1 fully saturated rings. The Morgan fingerprint density at radius 2 is 2.19 bits per heavy atom. The summed E-state index contributed by atoms with van der Waals surface area (Å²) in [5, 5.41) is 7.31. The largest absolute Gasteiger partial charge is 0.497 e. The van der Waals surface area contributed by atoms with Gasteiger partial charge in [0.15, 0.2) is 5.96 Å². The van der Waals surface area contributed by atoms with Gasteiger partial charge in [0, 0.05) is 38.4 Å². The monoisotopic (exact) mass is 383 g/mol. The molecule has 1 aromatic carbocycles. The Labute approximate surface area is 161 Å². The highest BCUT2D eigenvalue weighted by molar-refractivity contribution is 6.31. The SMILES string of the molecule is CN=C(NCCCOCC1CCCO1)NCCc1ccc(OC)cc1Cl. The molecule has 6 nitrogen and oxygen atoms in total. The molecule has 26 heavy (non-hydrogen) atoms. The minimum absolute atomic E-state index is 0.294. The van der Waals surface area contributed by atoms with Crippen molar-refractivity contribution in [3.05, 3.63) is 28.8 Å². The molecule has 1 atom stereocenters. The molecule has 1 saturated heterocycles. The van der Waals surface area contributed by atoms with E-state index in [1.165, 1.54) is 0 Å². The van der Waals surface area contributed by atoms with Gasteiger partial charge in [-0.05, 0) is 43.4 Å². The summed E-state index contributed by atoms with van der Waals surface area (Å²) in [6.07, 6.45) is 4.31. The molecular weight excluding hydrogens is 354 g/mol. The van der Waals surface area contributed by atoms with Gasteiger partial charge in [0.05, 0.1) is 19.8 Å². The molecule has 2 N–H and O–H groups in total. The second-order valence-electron chi connectivity index (χ2n) is 6.20. The van der Waals surface area contributed by atoms with E-state index in [4.69, 9.17) is 25.8 Å². The molecule has 0 spiro atoms. The van der Waals surface area contributed by atoms with Crippen LogP contribution < -0.4 is 15.4 Å². The van der Waals surface area contributed by atoms with E-state index < -0.39 is 0 Å². The van der Waals surface area contributed by atoms with Crippen LogP contribution in [0.3, 0.4) is 0 Å². The number of aliphatic imine (C=N–C) groups is 1. The van der Waals surface area contributed by atoms with Gasteiger partial charge in [-0.2, -0.15) is 0 Å². The molecule has 1 aliphatic rings. The zero-order valence-corrected chi connectivity index (χ0v) is 16.5. The topological polar surface area (TPSA) is 64.1 Å². The van der Waals surface area contributed by atoms with E-state index in [9.17, 15) is 0 Å². The molecule has 0 bridgehead atoms. The predicted octanol–water partition coefficient (Wildman–Crippen LogP) is 2.64. The molecule has 0 saturated carbocycles. The van der Waals surface area contributed by atoms with Crippen molar-refractivity contribution >= 4 is 17.6 Å². The number of hydrogen-bond donors (Lipinski definition) is 2. The third kappa shape index (κ3) is 7.40. The Balaban J connectivity index is 1.56. The van der Waals surface area contributed by atoms with E-state index in [1.807, 2.05) is 18.2 Å². The van der Waals surface area contributed by atoms with E-state index >= 15 is 0 Å². The van der Waals surface area contributed by atoms with Gasteiger partial charge in [-0.25, -0.2) is 0 Å². The summed E-state index contributed by atoms with van der Waals surface area (Å²) in [5.74, 6) is 1.56. The Kier molecular flexibility index (Phi) is 9.60. The van der Waals surface area contributed by atoms with Gasteiger partial charge in [-0.3, -0.25) is 4.99 Å². The summed E-state index contributed by atoms with van der Waals surface area (Å²) < 4.78 is 16.3. The van der Waals surface area contributed by atoms with Crippen LogP contribution in [0.25, 0.3) is 0 Å². The van der Waals surface area contributed by atoms with Crippen molar-refractivity contribution in [1.29, 1.82) is 0 Å². The number of nitrogens with one attached hydrogen (secondary N) is 2. The maximum absolute atomic E-state index is 6.26. The van der Waals surface area contributed by atoms with Crippen molar-refractivity contribution in [2.45, 2.75) is 31.8 Å². The van der Waals surface area contributed by atoms with Gasteiger partial charge in [0.25, 0.3) is 0 Å². The van der Waals surface area contributed by atoms with E-state index in [0.717, 1.165) is 74.3 Å². The first kappa shape index (κ1) is 20.8. The molecule has 2 rings (SSSR count). The fraction of sp³-hybridized carbons (Fsp3) is 0.632. The third-order valence-electron chi connectivity index (χ3n) is 4.26. The number of benzene rings is 1. The van der Waals surface area contributed by atoms with E-state index in [2.05, 4.69) is 15.6 Å². The van der Waals surface area contributed by atoms with Crippen molar-refractivity contribution < 1.29 is 14.2 Å². The standard InChI is InChI=1S/C19H30ClN3O3/c1-21-19(22-9-4-11-25-14-17-5-3-12-26-17)23-10-8-15-6-7-16(24-2)13-18(15)20/h6-7,13,17H,3-5,8-12,14H2,1-2H3,(H2,21,22,23). The fourth-order valence-corrected chi connectivity index (χ4v) is 3.03. The minimum atomic E-state index is 0.294. The van der Waals surface area contributed by atoms with Crippen molar-refractivity contribution in [2.75, 3.05) is 47.1 Å². The van der Waals surface area contributed by atoms with Gasteiger partial charge in [-0.1, -0.05) is 17.7 Å². The van der Waals surface area contributed by atoms with Crippen LogP contribution in [0.4, 0.5) is 0 Å². The zero-order valence-electron chi connectivity index (χ0n) is 15.7. The highest BCUT2D eigenvalue weighted by Gasteiger charge is 2.14. The first-order valence-corrected chi connectivity index (χ1v) is 9.57. The Morgan fingerprint density at radius 1 is 1.35 bits per heavy atom. The number of nitrogens with zero attached hydrogens (tertiary/aromatic N) is 1. The fourth-order valence-electron chi connectivity index (χ4n) is 2.77. The zero-order chi connectivity index (χ0) is 18.6. The van der Waals surface area contributed by atoms with Crippen molar-refractivity contribution in [3.8, 4) is 5.75 Å². The summed E-state index contributed by atoms with van der Waals surface area (Å²) in [7, 11) is 3.40. The van der Waals surface area contributed by atoms with Gasteiger partial charge in [0.1, 0.15) is 5.75 Å². The second-order valence-corrected chi connectivity index (χ2v) is 6.60. The van der Waals surface area contributed by atoms with E-state index in [0.29, 0.717) is 12.7 Å². The van der Waals surface area contributed by atoms with E-state index in [1.54, 1.807) is 14.2 Å². The lowest BCUT2D eigenvalue weighted by Gasteiger charge is -2.13. The number of halogens is 1. The maximum Gasteiger partial charge on any atom is 0.190 e. The van der Waals surface area contributed by atoms with Crippen LogP contribution in [-0.2, 0) is 15.9 Å². The first-order valence-electron chi connectivity index (χ1n) is 9.19. The summed E-state index contributed by atoms with van der Waals surface area (Å²) in [6.45, 7) is 3.87. The van der Waals surface area contributed by atoms with Gasteiger partial charge in [-0.15, -0.1) is 0 Å². The smallest absolute Gasteiger partial charge is 0.190 e. The maximum atomic E-state index is 6.26. The molecule has 0 amide bonds. The quantitative estimate of drug-likeness (QED) is 0.369. The van der Waals surface area contributed by atoms with Crippen LogP contribution in [0.5, 0.6) is 5.75 Å². The Bertz CT molecular complexity index is 563. The molecule has 0 radical (unpaired) electrons. The lowest BCUT2D eigenvalue weighted by molar-refractivity contribution is 0.0168. The Hall–Kier alpha value is -1.50. The van der Waals surface area contributed by atoms with Crippen LogP contribution in [0, 0.1) is 0 Å². The minimum Gasteiger partial charge on any atom is -0.497 e. The molecule has 1 heterocycles. The number of rotatable bonds is 10. The van der Waals surface area contributed by atoms with Crippen molar-refractivity contribution in [3.63, 3.8) is 0 Å². The molecule has 1 unspecified atom stereocenters. The summed E-state index contributed by atoms with van der Waals surface area (Å²) in [4.78, 5) is 4.23. The molecular formula is C19H30ClN3O3. The van der Waals surface area contributed by atoms with Gasteiger partial charge >= 0.3 is 0 Å². The lowest BCUT2D eigenvalue weighted by atomic mass is 10.1. The summed E-state index contributed by atoms with van der Waals surface area (Å²) in [6, 6.07) is 5.75. The van der Waals surface area contributed by atoms with Crippen LogP contribution in [0.15, 0.2) is 23.2 Å². The molecule has 146 valence electrons. The van der Waals surface area contributed by atoms with Crippen molar-refractivity contribution in [1.82, 2.24) is 10.6 Å². The normalized spacial score (nSPS) is 17.3. The predicted molar refractivity (Wildman–Crippen MR) is 105 cm³/mol.